The number of amides is 1. The number of fused-ring (bicyclic) bond motifs is 1. The van der Waals surface area contributed by atoms with Gasteiger partial charge in [0.05, 0.1) is 6.04 Å². The molecule has 1 heterocycles. The standard InChI is InChI=1S/C25H30ClFN2O/c1-17(20-10-9-18-5-2-3-6-21(18)15-20)28-25(30)19-11-13-29(14-12-19)16-22-23(26)7-4-8-24(22)27/h4,7-10,15,17,19H,2-3,5-6,11-14,16H2,1H3,(H,28,30)/t17-/m0/s1. The highest BCUT2D eigenvalue weighted by Crippen LogP contribution is 2.27. The molecule has 2 aromatic rings. The average molecular weight is 429 g/mol. The first-order chi connectivity index (χ1) is 14.5. The smallest absolute Gasteiger partial charge is 0.223 e. The zero-order valence-electron chi connectivity index (χ0n) is 17.6. The van der Waals surface area contributed by atoms with Crippen LogP contribution in [-0.4, -0.2) is 23.9 Å². The molecule has 1 atom stereocenters. The van der Waals surface area contributed by atoms with Crippen molar-refractivity contribution < 1.29 is 9.18 Å². The maximum atomic E-state index is 14.0. The van der Waals surface area contributed by atoms with Crippen LogP contribution in [0.2, 0.25) is 5.02 Å². The second-order valence-electron chi connectivity index (χ2n) is 8.72. The first kappa shape index (κ1) is 21.3. The Bertz CT molecular complexity index is 888. The summed E-state index contributed by atoms with van der Waals surface area (Å²) in [6.45, 7) is 4.11. The first-order valence-electron chi connectivity index (χ1n) is 11.1. The SMILES string of the molecule is C[C@H](NC(=O)C1CCN(Cc2c(F)cccc2Cl)CC1)c1ccc2c(c1)CCCC2. The summed E-state index contributed by atoms with van der Waals surface area (Å²) in [5, 5.41) is 3.68. The zero-order chi connectivity index (χ0) is 21.1. The van der Waals surface area contributed by atoms with Gasteiger partial charge in [-0.2, -0.15) is 0 Å². The van der Waals surface area contributed by atoms with E-state index in [1.54, 1.807) is 12.1 Å². The maximum absolute atomic E-state index is 14.0. The summed E-state index contributed by atoms with van der Waals surface area (Å²) < 4.78 is 14.0. The molecule has 0 saturated carbocycles. The van der Waals surface area contributed by atoms with Gasteiger partial charge in [-0.05, 0) is 87.4 Å². The highest BCUT2D eigenvalue weighted by atomic mass is 35.5. The van der Waals surface area contributed by atoms with Gasteiger partial charge >= 0.3 is 0 Å². The fraction of sp³-hybridized carbons (Fsp3) is 0.480. The van der Waals surface area contributed by atoms with E-state index in [4.69, 9.17) is 11.6 Å². The van der Waals surface area contributed by atoms with Crippen LogP contribution < -0.4 is 5.32 Å². The lowest BCUT2D eigenvalue weighted by Gasteiger charge is -2.32. The van der Waals surface area contributed by atoms with Crippen molar-refractivity contribution >= 4 is 17.5 Å². The van der Waals surface area contributed by atoms with Crippen LogP contribution in [0.25, 0.3) is 0 Å². The van der Waals surface area contributed by atoms with Crippen molar-refractivity contribution in [3.05, 3.63) is 69.5 Å². The molecule has 4 rings (SSSR count). The third-order valence-corrected chi connectivity index (χ3v) is 6.99. The van der Waals surface area contributed by atoms with Crippen LogP contribution in [0.5, 0.6) is 0 Å². The average Bonchev–Trinajstić information content (AvgIpc) is 2.76. The van der Waals surface area contributed by atoms with Gasteiger partial charge in [0.25, 0.3) is 0 Å². The fourth-order valence-corrected chi connectivity index (χ4v) is 4.92. The molecule has 0 bridgehead atoms. The van der Waals surface area contributed by atoms with E-state index in [-0.39, 0.29) is 23.7 Å². The van der Waals surface area contributed by atoms with Gasteiger partial charge in [0.2, 0.25) is 5.91 Å². The minimum absolute atomic E-state index is 0.0115. The highest BCUT2D eigenvalue weighted by molar-refractivity contribution is 6.31. The minimum atomic E-state index is -0.263. The summed E-state index contributed by atoms with van der Waals surface area (Å²) in [5.74, 6) is -0.123. The number of piperidine rings is 1. The van der Waals surface area contributed by atoms with Gasteiger partial charge in [-0.1, -0.05) is 35.9 Å². The Labute approximate surface area is 183 Å². The number of carbonyl (C=O) groups is 1. The monoisotopic (exact) mass is 428 g/mol. The molecular formula is C25H30ClFN2O. The minimum Gasteiger partial charge on any atom is -0.349 e. The molecule has 5 heteroatoms. The third-order valence-electron chi connectivity index (χ3n) is 6.63. The molecule has 2 aliphatic rings. The molecule has 1 N–H and O–H groups in total. The summed E-state index contributed by atoms with van der Waals surface area (Å²) in [7, 11) is 0. The zero-order valence-corrected chi connectivity index (χ0v) is 18.4. The number of rotatable bonds is 5. The van der Waals surface area contributed by atoms with Gasteiger partial charge < -0.3 is 5.32 Å². The van der Waals surface area contributed by atoms with Crippen molar-refractivity contribution in [3.63, 3.8) is 0 Å². The molecule has 160 valence electrons. The molecular weight excluding hydrogens is 399 g/mol. The molecule has 1 amide bonds. The van der Waals surface area contributed by atoms with Gasteiger partial charge in [0, 0.05) is 23.0 Å². The van der Waals surface area contributed by atoms with Crippen molar-refractivity contribution in [1.82, 2.24) is 10.2 Å². The lowest BCUT2D eigenvalue weighted by molar-refractivity contribution is -0.127. The van der Waals surface area contributed by atoms with E-state index >= 15 is 0 Å². The molecule has 0 aromatic heterocycles. The molecule has 30 heavy (non-hydrogen) atoms. The van der Waals surface area contributed by atoms with E-state index in [1.807, 2.05) is 0 Å². The van der Waals surface area contributed by atoms with Gasteiger partial charge in [-0.3, -0.25) is 9.69 Å². The van der Waals surface area contributed by atoms with E-state index in [9.17, 15) is 9.18 Å². The lowest BCUT2D eigenvalue weighted by Crippen LogP contribution is -2.41. The molecule has 0 radical (unpaired) electrons. The Morgan fingerprint density at radius 3 is 2.63 bits per heavy atom. The number of nitrogens with one attached hydrogen (secondary N) is 1. The summed E-state index contributed by atoms with van der Waals surface area (Å²) in [4.78, 5) is 15.0. The van der Waals surface area contributed by atoms with Crippen molar-refractivity contribution in [3.8, 4) is 0 Å². The number of carbonyl (C=O) groups excluding carboxylic acids is 1. The van der Waals surface area contributed by atoms with E-state index in [2.05, 4.69) is 35.3 Å². The molecule has 1 saturated heterocycles. The van der Waals surface area contributed by atoms with Crippen LogP contribution in [0.4, 0.5) is 4.39 Å². The van der Waals surface area contributed by atoms with Crippen LogP contribution in [0.15, 0.2) is 36.4 Å². The number of aryl methyl sites for hydroxylation is 2. The number of halogens is 2. The maximum Gasteiger partial charge on any atom is 0.223 e. The van der Waals surface area contributed by atoms with Gasteiger partial charge in [0.1, 0.15) is 5.82 Å². The molecule has 1 aliphatic carbocycles. The van der Waals surface area contributed by atoms with E-state index in [0.717, 1.165) is 32.4 Å². The van der Waals surface area contributed by atoms with E-state index in [1.165, 1.54) is 42.0 Å². The molecule has 1 aliphatic heterocycles. The molecule has 1 fully saturated rings. The predicted molar refractivity (Wildman–Crippen MR) is 119 cm³/mol. The Hall–Kier alpha value is -1.91. The van der Waals surface area contributed by atoms with Crippen LogP contribution in [0.1, 0.15) is 60.9 Å². The largest absolute Gasteiger partial charge is 0.349 e. The quantitative estimate of drug-likeness (QED) is 0.687. The number of nitrogens with zero attached hydrogens (tertiary/aromatic N) is 1. The Kier molecular flexibility index (Phi) is 6.74. The second-order valence-corrected chi connectivity index (χ2v) is 9.12. The Balaban J connectivity index is 1.30. The van der Waals surface area contributed by atoms with Crippen LogP contribution in [0, 0.1) is 11.7 Å². The fourth-order valence-electron chi connectivity index (χ4n) is 4.70. The van der Waals surface area contributed by atoms with Crippen LogP contribution in [-0.2, 0) is 24.2 Å². The van der Waals surface area contributed by atoms with E-state index in [0.29, 0.717) is 17.1 Å². The van der Waals surface area contributed by atoms with Gasteiger partial charge in [-0.15, -0.1) is 0 Å². The van der Waals surface area contributed by atoms with Crippen LogP contribution >= 0.6 is 11.6 Å². The summed E-state index contributed by atoms with van der Waals surface area (Å²) >= 11 is 6.16. The number of hydrogen-bond donors (Lipinski definition) is 1. The summed E-state index contributed by atoms with van der Waals surface area (Å²) in [5.41, 5.74) is 4.64. The van der Waals surface area contributed by atoms with E-state index < -0.39 is 0 Å². The first-order valence-corrected chi connectivity index (χ1v) is 11.5. The van der Waals surface area contributed by atoms with Crippen molar-refractivity contribution in [1.29, 1.82) is 0 Å². The van der Waals surface area contributed by atoms with Crippen LogP contribution in [0.3, 0.4) is 0 Å². The Morgan fingerprint density at radius 2 is 1.90 bits per heavy atom. The number of benzene rings is 2. The van der Waals surface area contributed by atoms with Gasteiger partial charge in [0.15, 0.2) is 0 Å². The highest BCUT2D eigenvalue weighted by Gasteiger charge is 2.27. The third kappa shape index (κ3) is 4.87. The predicted octanol–water partition coefficient (Wildman–Crippen LogP) is 5.45. The van der Waals surface area contributed by atoms with Crippen molar-refractivity contribution in [2.24, 2.45) is 5.92 Å². The van der Waals surface area contributed by atoms with Gasteiger partial charge in [-0.25, -0.2) is 4.39 Å². The second kappa shape index (κ2) is 9.49. The molecule has 3 nitrogen and oxygen atoms in total. The van der Waals surface area contributed by atoms with Crippen molar-refractivity contribution in [2.45, 2.75) is 58.0 Å². The van der Waals surface area contributed by atoms with Crippen molar-refractivity contribution in [2.75, 3.05) is 13.1 Å². The lowest BCUT2D eigenvalue weighted by atomic mass is 9.89. The molecule has 0 spiro atoms. The number of hydrogen-bond acceptors (Lipinski definition) is 2. The molecule has 2 aromatic carbocycles. The molecule has 0 unspecified atom stereocenters. The normalized spacial score (nSPS) is 18.6. The number of likely N-dealkylation sites (tertiary alicyclic amines) is 1. The summed E-state index contributed by atoms with van der Waals surface area (Å²) in [6, 6.07) is 11.5. The Morgan fingerprint density at radius 1 is 1.17 bits per heavy atom. The topological polar surface area (TPSA) is 32.3 Å². The summed E-state index contributed by atoms with van der Waals surface area (Å²) in [6.07, 6.45) is 6.43.